The van der Waals surface area contributed by atoms with Crippen LogP contribution in [-0.4, -0.2) is 14.2 Å². The Hall–Kier alpha value is -2.43. The topological polar surface area (TPSA) is 53.7 Å². The standard InChI is InChI=1S/C15H16FNO3/c1-18-12-6-13(19-2)8-14(7-12)20-9-10-3-4-11(17)5-15(10)16/h3-8H,9,17H2,1-2H3. The molecule has 0 saturated heterocycles. The Morgan fingerprint density at radius 2 is 1.55 bits per heavy atom. The highest BCUT2D eigenvalue weighted by atomic mass is 19.1. The van der Waals surface area contributed by atoms with Crippen molar-refractivity contribution in [3.8, 4) is 17.2 Å². The predicted octanol–water partition coefficient (Wildman–Crippen LogP) is 3.00. The molecule has 0 bridgehead atoms. The molecule has 0 spiro atoms. The van der Waals surface area contributed by atoms with Crippen molar-refractivity contribution >= 4 is 5.69 Å². The van der Waals surface area contributed by atoms with Crippen molar-refractivity contribution < 1.29 is 18.6 Å². The summed E-state index contributed by atoms with van der Waals surface area (Å²) < 4.78 is 29.5. The summed E-state index contributed by atoms with van der Waals surface area (Å²) in [5.41, 5.74) is 6.31. The summed E-state index contributed by atoms with van der Waals surface area (Å²) in [5, 5.41) is 0. The SMILES string of the molecule is COc1cc(OC)cc(OCc2ccc(N)cc2F)c1. The number of hydrogen-bond acceptors (Lipinski definition) is 4. The van der Waals surface area contributed by atoms with Crippen molar-refractivity contribution in [2.75, 3.05) is 20.0 Å². The fourth-order valence-electron chi connectivity index (χ4n) is 1.71. The number of ether oxygens (including phenoxy) is 3. The first-order valence-corrected chi connectivity index (χ1v) is 6.02. The third kappa shape index (κ3) is 3.32. The molecule has 0 amide bonds. The molecular weight excluding hydrogens is 261 g/mol. The van der Waals surface area contributed by atoms with Crippen molar-refractivity contribution in [1.82, 2.24) is 0 Å². The van der Waals surface area contributed by atoms with Crippen LogP contribution in [0.5, 0.6) is 17.2 Å². The van der Waals surface area contributed by atoms with E-state index in [4.69, 9.17) is 19.9 Å². The zero-order valence-electron chi connectivity index (χ0n) is 11.4. The minimum atomic E-state index is -0.389. The van der Waals surface area contributed by atoms with Crippen molar-refractivity contribution in [1.29, 1.82) is 0 Å². The molecule has 0 aliphatic heterocycles. The second-order valence-corrected chi connectivity index (χ2v) is 4.19. The van der Waals surface area contributed by atoms with E-state index in [1.165, 1.54) is 6.07 Å². The molecule has 0 unspecified atom stereocenters. The lowest BCUT2D eigenvalue weighted by molar-refractivity contribution is 0.294. The van der Waals surface area contributed by atoms with Crippen LogP contribution in [0.2, 0.25) is 0 Å². The van der Waals surface area contributed by atoms with Crippen molar-refractivity contribution in [2.24, 2.45) is 0 Å². The van der Waals surface area contributed by atoms with Gasteiger partial charge in [-0.05, 0) is 12.1 Å². The van der Waals surface area contributed by atoms with Gasteiger partial charge >= 0.3 is 0 Å². The van der Waals surface area contributed by atoms with E-state index in [0.717, 1.165) is 0 Å². The van der Waals surface area contributed by atoms with Crippen molar-refractivity contribution in [3.05, 3.63) is 47.8 Å². The predicted molar refractivity (Wildman–Crippen MR) is 74.7 cm³/mol. The molecule has 2 rings (SSSR count). The van der Waals surface area contributed by atoms with Gasteiger partial charge in [-0.2, -0.15) is 0 Å². The first-order valence-electron chi connectivity index (χ1n) is 6.02. The van der Waals surface area contributed by atoms with Gasteiger partial charge in [-0.1, -0.05) is 6.07 Å². The van der Waals surface area contributed by atoms with Crippen LogP contribution in [-0.2, 0) is 6.61 Å². The van der Waals surface area contributed by atoms with Gasteiger partial charge in [0.25, 0.3) is 0 Å². The van der Waals surface area contributed by atoms with Gasteiger partial charge in [0, 0.05) is 29.4 Å². The first kappa shape index (κ1) is 14.0. The molecule has 2 aromatic carbocycles. The van der Waals surface area contributed by atoms with Crippen LogP contribution in [0.25, 0.3) is 0 Å². The fourth-order valence-corrected chi connectivity index (χ4v) is 1.71. The molecular formula is C15H16FNO3. The van der Waals surface area contributed by atoms with Crippen LogP contribution in [0.15, 0.2) is 36.4 Å². The zero-order chi connectivity index (χ0) is 14.5. The van der Waals surface area contributed by atoms with Gasteiger partial charge in [-0.15, -0.1) is 0 Å². The first-order chi connectivity index (χ1) is 9.62. The number of rotatable bonds is 5. The van der Waals surface area contributed by atoms with E-state index in [-0.39, 0.29) is 12.4 Å². The molecule has 106 valence electrons. The maximum atomic E-state index is 13.6. The van der Waals surface area contributed by atoms with Crippen LogP contribution >= 0.6 is 0 Å². The Bertz CT molecular complexity index is 579. The second-order valence-electron chi connectivity index (χ2n) is 4.19. The van der Waals surface area contributed by atoms with Gasteiger partial charge in [0.15, 0.2) is 0 Å². The van der Waals surface area contributed by atoms with E-state index < -0.39 is 0 Å². The van der Waals surface area contributed by atoms with Gasteiger partial charge in [-0.25, -0.2) is 4.39 Å². The van der Waals surface area contributed by atoms with Gasteiger partial charge in [-0.3, -0.25) is 0 Å². The number of hydrogen-bond donors (Lipinski definition) is 1. The molecule has 0 heterocycles. The minimum Gasteiger partial charge on any atom is -0.496 e. The molecule has 2 N–H and O–H groups in total. The van der Waals surface area contributed by atoms with Crippen molar-refractivity contribution in [2.45, 2.75) is 6.61 Å². The molecule has 0 atom stereocenters. The fraction of sp³-hybridized carbons (Fsp3) is 0.200. The number of halogens is 1. The lowest BCUT2D eigenvalue weighted by Gasteiger charge is -2.11. The highest BCUT2D eigenvalue weighted by Crippen LogP contribution is 2.28. The molecule has 2 aromatic rings. The highest BCUT2D eigenvalue weighted by molar-refractivity contribution is 5.43. The lowest BCUT2D eigenvalue weighted by Crippen LogP contribution is -2.00. The van der Waals surface area contributed by atoms with Crippen LogP contribution in [0.4, 0.5) is 10.1 Å². The Morgan fingerprint density at radius 1 is 0.950 bits per heavy atom. The van der Waals surface area contributed by atoms with Crippen LogP contribution < -0.4 is 19.9 Å². The van der Waals surface area contributed by atoms with E-state index in [1.807, 2.05) is 0 Å². The van der Waals surface area contributed by atoms with E-state index in [1.54, 1.807) is 44.6 Å². The summed E-state index contributed by atoms with van der Waals surface area (Å²) in [7, 11) is 3.11. The van der Waals surface area contributed by atoms with Crippen LogP contribution in [0.3, 0.4) is 0 Å². The number of nitrogen functional groups attached to an aromatic ring is 1. The van der Waals surface area contributed by atoms with E-state index in [9.17, 15) is 4.39 Å². The molecule has 4 nitrogen and oxygen atoms in total. The van der Waals surface area contributed by atoms with Crippen molar-refractivity contribution in [3.63, 3.8) is 0 Å². The van der Waals surface area contributed by atoms with Crippen LogP contribution in [0.1, 0.15) is 5.56 Å². The average molecular weight is 277 g/mol. The summed E-state index contributed by atoms with van der Waals surface area (Å²) in [6, 6.07) is 9.65. The summed E-state index contributed by atoms with van der Waals surface area (Å²) in [6.07, 6.45) is 0. The molecule has 20 heavy (non-hydrogen) atoms. The van der Waals surface area contributed by atoms with Gasteiger partial charge < -0.3 is 19.9 Å². The Kier molecular flexibility index (Phi) is 4.30. The molecule has 5 heteroatoms. The van der Waals surface area contributed by atoms with E-state index >= 15 is 0 Å². The Balaban J connectivity index is 2.13. The molecule has 0 saturated carbocycles. The normalized spacial score (nSPS) is 10.2. The van der Waals surface area contributed by atoms with Gasteiger partial charge in [0.1, 0.15) is 29.7 Å². The van der Waals surface area contributed by atoms with Gasteiger partial charge in [0.05, 0.1) is 14.2 Å². The maximum absolute atomic E-state index is 13.6. The number of anilines is 1. The molecule has 0 fully saturated rings. The van der Waals surface area contributed by atoms with E-state index in [0.29, 0.717) is 28.5 Å². The minimum absolute atomic E-state index is 0.0996. The number of methoxy groups -OCH3 is 2. The Labute approximate surface area is 116 Å². The molecule has 0 radical (unpaired) electrons. The Morgan fingerprint density at radius 3 is 2.10 bits per heavy atom. The summed E-state index contributed by atoms with van der Waals surface area (Å²) in [4.78, 5) is 0. The molecule has 0 aromatic heterocycles. The average Bonchev–Trinajstić information content (AvgIpc) is 2.46. The van der Waals surface area contributed by atoms with E-state index in [2.05, 4.69) is 0 Å². The summed E-state index contributed by atoms with van der Waals surface area (Å²) in [6.45, 7) is 0.0996. The lowest BCUT2D eigenvalue weighted by atomic mass is 10.2. The van der Waals surface area contributed by atoms with Gasteiger partial charge in [0.2, 0.25) is 0 Å². The largest absolute Gasteiger partial charge is 0.496 e. The smallest absolute Gasteiger partial charge is 0.131 e. The summed E-state index contributed by atoms with van der Waals surface area (Å²) >= 11 is 0. The third-order valence-corrected chi connectivity index (χ3v) is 2.80. The molecule has 0 aliphatic carbocycles. The third-order valence-electron chi connectivity index (χ3n) is 2.80. The van der Waals surface area contributed by atoms with Crippen LogP contribution in [0, 0.1) is 5.82 Å². The molecule has 0 aliphatic rings. The summed E-state index contributed by atoms with van der Waals surface area (Å²) in [5.74, 6) is 1.37. The monoisotopic (exact) mass is 277 g/mol. The zero-order valence-corrected chi connectivity index (χ0v) is 11.4. The quantitative estimate of drug-likeness (QED) is 0.854. The second kappa shape index (κ2) is 6.14. The number of nitrogens with two attached hydrogens (primary N) is 1. The highest BCUT2D eigenvalue weighted by Gasteiger charge is 2.06. The number of benzene rings is 2. The maximum Gasteiger partial charge on any atom is 0.131 e.